The third-order valence-electron chi connectivity index (χ3n) is 4.83. The van der Waals surface area contributed by atoms with Crippen LogP contribution in [0, 0.1) is 0 Å². The number of nitrogens with two attached hydrogens (primary N) is 1. The van der Waals surface area contributed by atoms with Gasteiger partial charge in [-0.25, -0.2) is 0 Å². The summed E-state index contributed by atoms with van der Waals surface area (Å²) in [6, 6.07) is 20.1. The molecule has 0 saturated heterocycles. The first-order chi connectivity index (χ1) is 10.8. The number of unbranched alkanes of at least 4 members (excludes halogenated alkanes) is 1. The van der Waals surface area contributed by atoms with Crippen LogP contribution in [0.15, 0.2) is 54.6 Å². The van der Waals surface area contributed by atoms with Gasteiger partial charge in [0.2, 0.25) is 0 Å². The van der Waals surface area contributed by atoms with Crippen molar-refractivity contribution in [1.82, 2.24) is 0 Å². The molecule has 0 aliphatic heterocycles. The number of hydrogen-bond donors (Lipinski definition) is 1. The highest BCUT2D eigenvalue weighted by Gasteiger charge is 2.14. The van der Waals surface area contributed by atoms with Crippen LogP contribution in [0.2, 0.25) is 0 Å². The zero-order chi connectivity index (χ0) is 15.1. The lowest BCUT2D eigenvalue weighted by Crippen LogP contribution is -2.10. The highest BCUT2D eigenvalue weighted by molar-refractivity contribution is 6.23. The average molecular weight is 324 g/mol. The van der Waals surface area contributed by atoms with E-state index in [1.165, 1.54) is 50.7 Å². The second-order valence-electron chi connectivity index (χ2n) is 6.26. The Balaban J connectivity index is 0.00000156. The molecule has 0 radical (unpaired) electrons. The fourth-order valence-corrected chi connectivity index (χ4v) is 3.66. The summed E-state index contributed by atoms with van der Waals surface area (Å²) in [5.74, 6) is 0. The molecule has 4 rings (SSSR count). The maximum Gasteiger partial charge on any atom is 0.0301 e. The lowest BCUT2D eigenvalue weighted by Gasteiger charge is -2.18. The van der Waals surface area contributed by atoms with Crippen molar-refractivity contribution in [3.63, 3.8) is 0 Å². The van der Waals surface area contributed by atoms with Gasteiger partial charge >= 0.3 is 0 Å². The van der Waals surface area contributed by atoms with Crippen molar-refractivity contribution in [3.8, 4) is 0 Å². The van der Waals surface area contributed by atoms with Crippen molar-refractivity contribution in [2.24, 2.45) is 5.73 Å². The van der Waals surface area contributed by atoms with Crippen molar-refractivity contribution in [2.75, 3.05) is 0 Å². The number of rotatable bonds is 4. The Morgan fingerprint density at radius 1 is 0.826 bits per heavy atom. The Labute approximate surface area is 143 Å². The molecule has 0 spiro atoms. The van der Waals surface area contributed by atoms with Gasteiger partial charge in [-0.05, 0) is 44.3 Å². The lowest BCUT2D eigenvalue weighted by molar-refractivity contribution is 0.607. The molecule has 0 saturated carbocycles. The van der Waals surface area contributed by atoms with Gasteiger partial charge < -0.3 is 5.73 Å². The minimum atomic E-state index is 0. The fourth-order valence-electron chi connectivity index (χ4n) is 3.66. The van der Waals surface area contributed by atoms with E-state index in [9.17, 15) is 0 Å². The molecule has 0 aliphatic rings. The zero-order valence-electron chi connectivity index (χ0n) is 13.4. The molecule has 2 N–H and O–H groups in total. The maximum absolute atomic E-state index is 6.48. The lowest BCUT2D eigenvalue weighted by atomic mass is 9.89. The third kappa shape index (κ3) is 2.54. The Hall–Kier alpha value is -1.83. The van der Waals surface area contributed by atoms with Crippen LogP contribution in [-0.4, -0.2) is 0 Å². The van der Waals surface area contributed by atoms with E-state index in [1.807, 2.05) is 0 Å². The number of hydrogen-bond acceptors (Lipinski definition) is 1. The summed E-state index contributed by atoms with van der Waals surface area (Å²) in [5, 5.41) is 8.02. The van der Waals surface area contributed by atoms with Crippen LogP contribution >= 0.6 is 12.4 Å². The zero-order valence-corrected chi connectivity index (χ0v) is 14.2. The van der Waals surface area contributed by atoms with Crippen LogP contribution in [0.5, 0.6) is 0 Å². The SMILES string of the molecule is CCCC[C@H](N)c1ccc2ccc3cccc4ccc1c2c34.Cl. The van der Waals surface area contributed by atoms with E-state index in [1.54, 1.807) is 0 Å². The summed E-state index contributed by atoms with van der Waals surface area (Å²) in [5.41, 5.74) is 7.77. The largest absolute Gasteiger partial charge is 0.324 e. The first kappa shape index (κ1) is 16.0. The summed E-state index contributed by atoms with van der Waals surface area (Å²) in [4.78, 5) is 0. The Bertz CT molecular complexity index is 929. The monoisotopic (exact) mass is 323 g/mol. The molecule has 4 aromatic rings. The molecule has 0 amide bonds. The average Bonchev–Trinajstić information content (AvgIpc) is 2.57. The van der Waals surface area contributed by atoms with Crippen molar-refractivity contribution >= 4 is 44.7 Å². The van der Waals surface area contributed by atoms with Crippen LogP contribution in [0.25, 0.3) is 32.3 Å². The highest BCUT2D eigenvalue weighted by atomic mass is 35.5. The van der Waals surface area contributed by atoms with Crippen molar-refractivity contribution in [3.05, 3.63) is 60.2 Å². The van der Waals surface area contributed by atoms with E-state index >= 15 is 0 Å². The topological polar surface area (TPSA) is 26.0 Å². The minimum absolute atomic E-state index is 0. The summed E-state index contributed by atoms with van der Waals surface area (Å²) < 4.78 is 0. The third-order valence-corrected chi connectivity index (χ3v) is 4.83. The minimum Gasteiger partial charge on any atom is -0.324 e. The van der Waals surface area contributed by atoms with E-state index in [0.29, 0.717) is 0 Å². The number of halogens is 1. The fraction of sp³-hybridized carbons (Fsp3) is 0.238. The molecule has 0 heterocycles. The van der Waals surface area contributed by atoms with E-state index in [2.05, 4.69) is 61.5 Å². The molecule has 0 bridgehead atoms. The molecule has 1 nitrogen and oxygen atoms in total. The standard InChI is InChI=1S/C21H21N.ClH/c1-2-3-7-19(22)17-12-10-16-9-8-14-5-4-6-15-11-13-18(17)21(16)20(14)15;/h4-6,8-13,19H,2-3,7,22H2,1H3;1H/t19-;/m0./s1. The van der Waals surface area contributed by atoms with Gasteiger partial charge in [-0.2, -0.15) is 0 Å². The van der Waals surface area contributed by atoms with E-state index in [0.717, 1.165) is 6.42 Å². The van der Waals surface area contributed by atoms with Crippen molar-refractivity contribution < 1.29 is 0 Å². The van der Waals surface area contributed by atoms with Gasteiger partial charge in [0.05, 0.1) is 0 Å². The molecule has 1 atom stereocenters. The molecule has 23 heavy (non-hydrogen) atoms. The van der Waals surface area contributed by atoms with Gasteiger partial charge in [-0.3, -0.25) is 0 Å². The van der Waals surface area contributed by atoms with Gasteiger partial charge in [0.15, 0.2) is 0 Å². The van der Waals surface area contributed by atoms with Crippen LogP contribution in [0.4, 0.5) is 0 Å². The Kier molecular flexibility index (Phi) is 4.43. The van der Waals surface area contributed by atoms with E-state index < -0.39 is 0 Å². The molecule has 0 aliphatic carbocycles. The van der Waals surface area contributed by atoms with Crippen LogP contribution in [0.1, 0.15) is 37.8 Å². The second-order valence-corrected chi connectivity index (χ2v) is 6.26. The second kappa shape index (κ2) is 6.35. The number of benzene rings is 4. The molecular weight excluding hydrogens is 302 g/mol. The van der Waals surface area contributed by atoms with Crippen LogP contribution in [-0.2, 0) is 0 Å². The smallest absolute Gasteiger partial charge is 0.0301 e. The molecule has 0 unspecified atom stereocenters. The predicted octanol–water partition coefficient (Wildman–Crippen LogP) is 6.20. The first-order valence-electron chi connectivity index (χ1n) is 8.21. The molecule has 0 aromatic heterocycles. The Morgan fingerprint density at radius 3 is 2.13 bits per heavy atom. The Morgan fingerprint density at radius 2 is 1.43 bits per heavy atom. The van der Waals surface area contributed by atoms with Crippen LogP contribution in [0.3, 0.4) is 0 Å². The predicted molar refractivity (Wildman–Crippen MR) is 104 cm³/mol. The highest BCUT2D eigenvalue weighted by Crippen LogP contribution is 2.37. The normalized spacial score (nSPS) is 12.8. The molecular formula is C21H22ClN. The van der Waals surface area contributed by atoms with Gasteiger partial charge in [-0.15, -0.1) is 12.4 Å². The van der Waals surface area contributed by atoms with Crippen molar-refractivity contribution in [1.29, 1.82) is 0 Å². The van der Waals surface area contributed by atoms with Gasteiger partial charge in [0, 0.05) is 6.04 Å². The summed E-state index contributed by atoms with van der Waals surface area (Å²) >= 11 is 0. The first-order valence-corrected chi connectivity index (χ1v) is 8.21. The van der Waals surface area contributed by atoms with E-state index in [4.69, 9.17) is 5.73 Å². The maximum atomic E-state index is 6.48. The molecule has 2 heteroatoms. The molecule has 118 valence electrons. The quantitative estimate of drug-likeness (QED) is 0.445. The molecule has 0 fully saturated rings. The molecule has 4 aromatic carbocycles. The van der Waals surface area contributed by atoms with Crippen LogP contribution < -0.4 is 5.73 Å². The van der Waals surface area contributed by atoms with E-state index in [-0.39, 0.29) is 18.4 Å². The summed E-state index contributed by atoms with van der Waals surface area (Å²) in [6.07, 6.45) is 3.43. The van der Waals surface area contributed by atoms with Gasteiger partial charge in [0.1, 0.15) is 0 Å². The summed E-state index contributed by atoms with van der Waals surface area (Å²) in [7, 11) is 0. The summed E-state index contributed by atoms with van der Waals surface area (Å²) in [6.45, 7) is 2.22. The van der Waals surface area contributed by atoms with Crippen molar-refractivity contribution in [2.45, 2.75) is 32.2 Å². The van der Waals surface area contributed by atoms with Gasteiger partial charge in [0.25, 0.3) is 0 Å². The van der Waals surface area contributed by atoms with Gasteiger partial charge in [-0.1, -0.05) is 74.4 Å².